The highest BCUT2D eigenvalue weighted by molar-refractivity contribution is 9.10. The predicted molar refractivity (Wildman–Crippen MR) is 96.4 cm³/mol. The Balaban J connectivity index is 1.77. The van der Waals surface area contributed by atoms with Crippen molar-refractivity contribution in [3.63, 3.8) is 0 Å². The van der Waals surface area contributed by atoms with Crippen LogP contribution in [0.25, 0.3) is 0 Å². The molecule has 1 atom stereocenters. The fourth-order valence-electron chi connectivity index (χ4n) is 2.66. The first-order chi connectivity index (χ1) is 11.4. The zero-order chi connectivity index (χ0) is 17.3. The lowest BCUT2D eigenvalue weighted by Gasteiger charge is -2.17. The Bertz CT molecular complexity index is 866. The molecule has 0 aliphatic carbocycles. The summed E-state index contributed by atoms with van der Waals surface area (Å²) in [5.74, 6) is -0.225. The Morgan fingerprint density at radius 3 is 2.54 bits per heavy atom. The molecule has 0 radical (unpaired) electrons. The van der Waals surface area contributed by atoms with Gasteiger partial charge in [-0.15, -0.1) is 0 Å². The van der Waals surface area contributed by atoms with Crippen LogP contribution in [0, 0.1) is 6.92 Å². The standard InChI is InChI=1S/C17H17BrN2O3S/c1-12-5-7-14(8-6-12)20-10-9-16(17(20)21)19-24(22,23)15-4-2-3-13(18)11-15/h2-8,11,16,19H,9-10H2,1H3/t16-/m1/s1. The van der Waals surface area contributed by atoms with Crippen molar-refractivity contribution in [2.24, 2.45) is 0 Å². The maximum Gasteiger partial charge on any atom is 0.245 e. The quantitative estimate of drug-likeness (QED) is 0.845. The van der Waals surface area contributed by atoms with Crippen LogP contribution in [0.2, 0.25) is 0 Å². The summed E-state index contributed by atoms with van der Waals surface area (Å²) >= 11 is 3.26. The molecule has 0 aromatic heterocycles. The normalized spacial score (nSPS) is 18.2. The number of aryl methyl sites for hydroxylation is 1. The van der Waals surface area contributed by atoms with Gasteiger partial charge < -0.3 is 4.90 Å². The van der Waals surface area contributed by atoms with Gasteiger partial charge in [-0.25, -0.2) is 8.42 Å². The third-order valence-corrected chi connectivity index (χ3v) is 5.92. The van der Waals surface area contributed by atoms with Crippen LogP contribution >= 0.6 is 15.9 Å². The van der Waals surface area contributed by atoms with E-state index in [2.05, 4.69) is 20.7 Å². The maximum absolute atomic E-state index is 12.6. The summed E-state index contributed by atoms with van der Waals surface area (Å²) in [7, 11) is -3.74. The highest BCUT2D eigenvalue weighted by Gasteiger charge is 2.35. The van der Waals surface area contributed by atoms with Crippen molar-refractivity contribution in [1.82, 2.24) is 4.72 Å². The number of benzene rings is 2. The van der Waals surface area contributed by atoms with E-state index < -0.39 is 16.1 Å². The highest BCUT2D eigenvalue weighted by Crippen LogP contribution is 2.23. The van der Waals surface area contributed by atoms with Gasteiger partial charge in [-0.05, 0) is 43.7 Å². The van der Waals surface area contributed by atoms with Gasteiger partial charge in [-0.2, -0.15) is 4.72 Å². The second kappa shape index (κ2) is 6.66. The van der Waals surface area contributed by atoms with Gasteiger partial charge >= 0.3 is 0 Å². The van der Waals surface area contributed by atoms with Crippen LogP contribution < -0.4 is 9.62 Å². The van der Waals surface area contributed by atoms with Crippen molar-refractivity contribution in [3.05, 3.63) is 58.6 Å². The van der Waals surface area contributed by atoms with Crippen LogP contribution in [-0.4, -0.2) is 26.9 Å². The summed E-state index contributed by atoms with van der Waals surface area (Å²) in [4.78, 5) is 14.3. The lowest BCUT2D eigenvalue weighted by atomic mass is 10.2. The van der Waals surface area contributed by atoms with Gasteiger partial charge in [0, 0.05) is 16.7 Å². The van der Waals surface area contributed by atoms with Crippen LogP contribution in [0.4, 0.5) is 5.69 Å². The number of carbonyl (C=O) groups is 1. The minimum absolute atomic E-state index is 0.137. The Morgan fingerprint density at radius 2 is 1.88 bits per heavy atom. The van der Waals surface area contributed by atoms with Crippen molar-refractivity contribution >= 4 is 37.5 Å². The number of nitrogens with one attached hydrogen (secondary N) is 1. The molecule has 0 spiro atoms. The molecule has 1 N–H and O–H groups in total. The van der Waals surface area contributed by atoms with E-state index in [9.17, 15) is 13.2 Å². The molecule has 2 aromatic rings. The van der Waals surface area contributed by atoms with Gasteiger partial charge in [-0.1, -0.05) is 39.7 Å². The molecule has 1 heterocycles. The number of halogens is 1. The molecule has 2 aromatic carbocycles. The van der Waals surface area contributed by atoms with Crippen molar-refractivity contribution in [2.45, 2.75) is 24.3 Å². The molecule has 1 fully saturated rings. The summed E-state index contributed by atoms with van der Waals surface area (Å²) < 4.78 is 28.1. The van der Waals surface area contributed by atoms with Gasteiger partial charge in [0.05, 0.1) is 4.90 Å². The number of carbonyl (C=O) groups excluding carboxylic acids is 1. The number of amides is 1. The van der Waals surface area contributed by atoms with E-state index in [4.69, 9.17) is 0 Å². The second-order valence-corrected chi connectivity index (χ2v) is 8.38. The molecule has 5 nitrogen and oxygen atoms in total. The minimum atomic E-state index is -3.74. The van der Waals surface area contributed by atoms with E-state index in [1.165, 1.54) is 12.1 Å². The number of hydrogen-bond donors (Lipinski definition) is 1. The summed E-state index contributed by atoms with van der Waals surface area (Å²) in [6.07, 6.45) is 0.444. The zero-order valence-corrected chi connectivity index (χ0v) is 15.5. The molecule has 1 saturated heterocycles. The first-order valence-electron chi connectivity index (χ1n) is 7.53. The fraction of sp³-hybridized carbons (Fsp3) is 0.235. The Kier molecular flexibility index (Phi) is 4.76. The van der Waals surface area contributed by atoms with Crippen molar-refractivity contribution < 1.29 is 13.2 Å². The van der Waals surface area contributed by atoms with Crippen LogP contribution in [0.1, 0.15) is 12.0 Å². The Hall–Kier alpha value is -1.70. The van der Waals surface area contributed by atoms with Gasteiger partial charge in [0.25, 0.3) is 0 Å². The van der Waals surface area contributed by atoms with Crippen LogP contribution in [0.3, 0.4) is 0 Å². The van der Waals surface area contributed by atoms with Crippen molar-refractivity contribution in [2.75, 3.05) is 11.4 Å². The molecule has 126 valence electrons. The first-order valence-corrected chi connectivity index (χ1v) is 9.80. The van der Waals surface area contributed by atoms with Gasteiger partial charge in [-0.3, -0.25) is 4.79 Å². The molecular weight excluding hydrogens is 392 g/mol. The SMILES string of the molecule is Cc1ccc(N2CC[C@@H](NS(=O)(=O)c3cccc(Br)c3)C2=O)cc1. The summed E-state index contributed by atoms with van der Waals surface area (Å²) in [6.45, 7) is 2.47. The number of hydrogen-bond acceptors (Lipinski definition) is 3. The summed E-state index contributed by atoms with van der Waals surface area (Å²) in [5, 5.41) is 0. The molecule has 3 rings (SSSR count). The average Bonchev–Trinajstić information content (AvgIpc) is 2.89. The smallest absolute Gasteiger partial charge is 0.245 e. The summed E-state index contributed by atoms with van der Waals surface area (Å²) in [5.41, 5.74) is 1.90. The molecule has 1 aliphatic rings. The number of sulfonamides is 1. The van der Waals surface area contributed by atoms with Crippen molar-refractivity contribution in [1.29, 1.82) is 0 Å². The zero-order valence-electron chi connectivity index (χ0n) is 13.1. The second-order valence-electron chi connectivity index (χ2n) is 5.75. The summed E-state index contributed by atoms with van der Waals surface area (Å²) in [6, 6.07) is 13.3. The fourth-order valence-corrected chi connectivity index (χ4v) is 4.48. The van der Waals surface area contributed by atoms with Crippen LogP contribution in [-0.2, 0) is 14.8 Å². The maximum atomic E-state index is 12.6. The van der Waals surface area contributed by atoms with Crippen LogP contribution in [0.5, 0.6) is 0 Å². The lowest BCUT2D eigenvalue weighted by Crippen LogP contribution is -2.41. The largest absolute Gasteiger partial charge is 0.311 e. The molecule has 0 unspecified atom stereocenters. The number of anilines is 1. The molecule has 0 bridgehead atoms. The van der Waals surface area contributed by atoms with Gasteiger partial charge in [0.1, 0.15) is 6.04 Å². The first kappa shape index (κ1) is 17.1. The van der Waals surface area contributed by atoms with E-state index in [-0.39, 0.29) is 10.8 Å². The minimum Gasteiger partial charge on any atom is -0.311 e. The van der Waals surface area contributed by atoms with Crippen LogP contribution in [0.15, 0.2) is 57.9 Å². The Morgan fingerprint density at radius 1 is 1.17 bits per heavy atom. The van der Waals surface area contributed by atoms with Crippen molar-refractivity contribution in [3.8, 4) is 0 Å². The molecule has 1 amide bonds. The molecule has 7 heteroatoms. The third kappa shape index (κ3) is 3.53. The van der Waals surface area contributed by atoms with E-state index in [1.807, 2.05) is 31.2 Å². The van der Waals surface area contributed by atoms with E-state index in [1.54, 1.807) is 17.0 Å². The third-order valence-electron chi connectivity index (χ3n) is 3.95. The lowest BCUT2D eigenvalue weighted by molar-refractivity contribution is -0.118. The van der Waals surface area contributed by atoms with E-state index in [0.29, 0.717) is 17.4 Å². The van der Waals surface area contributed by atoms with E-state index >= 15 is 0 Å². The molecule has 24 heavy (non-hydrogen) atoms. The Labute approximate surface area is 149 Å². The number of rotatable bonds is 4. The number of nitrogens with zero attached hydrogens (tertiary/aromatic N) is 1. The van der Waals surface area contributed by atoms with Gasteiger partial charge in [0.2, 0.25) is 15.9 Å². The molecular formula is C17H17BrN2O3S. The monoisotopic (exact) mass is 408 g/mol. The molecule has 0 saturated carbocycles. The highest BCUT2D eigenvalue weighted by atomic mass is 79.9. The molecule has 1 aliphatic heterocycles. The van der Waals surface area contributed by atoms with E-state index in [0.717, 1.165) is 11.3 Å². The predicted octanol–water partition coefficient (Wildman–Crippen LogP) is 2.84. The topological polar surface area (TPSA) is 66.5 Å². The average molecular weight is 409 g/mol. The van der Waals surface area contributed by atoms with Gasteiger partial charge in [0.15, 0.2) is 0 Å².